The van der Waals surface area contributed by atoms with Crippen LogP contribution in [-0.4, -0.2) is 76.1 Å². The van der Waals surface area contributed by atoms with Crippen molar-refractivity contribution >= 4 is 29.3 Å². The summed E-state index contributed by atoms with van der Waals surface area (Å²) >= 11 is 0. The smallest absolute Gasteiger partial charge is 0.417 e. The molecule has 1 unspecified atom stereocenters. The van der Waals surface area contributed by atoms with E-state index in [2.05, 4.69) is 15.6 Å². The fourth-order valence-electron chi connectivity index (χ4n) is 7.67. The van der Waals surface area contributed by atoms with Gasteiger partial charge in [-0.1, -0.05) is 12.1 Å². The van der Waals surface area contributed by atoms with Crippen LogP contribution >= 0.6 is 0 Å². The standard InChI is InChI=1S/C36H40F2N6O4/c1-34(2,3)48-33(46)44-16-25-23(24-8-13-39-31-30(24)35(10-11-35)19-40-31)4-6-26(29(25)32(44)45)41-28-7-5-22(21-9-15-47-18-21)27(42-28)17-43-14-12-36(37,38)20-43/h4-8,13,21H,9-12,14-20H2,1-3H3,(H,39,40)(H,41,42). The van der Waals surface area contributed by atoms with Gasteiger partial charge in [-0.3, -0.25) is 9.69 Å². The molecule has 12 heteroatoms. The Morgan fingerprint density at radius 1 is 1.15 bits per heavy atom. The van der Waals surface area contributed by atoms with E-state index in [1.165, 1.54) is 5.56 Å². The van der Waals surface area contributed by atoms with Crippen LogP contribution in [0.2, 0.25) is 0 Å². The maximum Gasteiger partial charge on any atom is 0.417 e. The molecule has 5 aliphatic rings. The number of ether oxygens (including phenoxy) is 2. The minimum atomic E-state index is -2.71. The van der Waals surface area contributed by atoms with E-state index in [1.807, 2.05) is 30.3 Å². The number of hydrogen-bond acceptors (Lipinski definition) is 9. The average molecular weight is 659 g/mol. The van der Waals surface area contributed by atoms with Gasteiger partial charge in [0.2, 0.25) is 0 Å². The zero-order chi connectivity index (χ0) is 33.4. The quantitative estimate of drug-likeness (QED) is 0.304. The lowest BCUT2D eigenvalue weighted by Crippen LogP contribution is -2.37. The van der Waals surface area contributed by atoms with Crippen molar-refractivity contribution in [1.82, 2.24) is 19.8 Å². The van der Waals surface area contributed by atoms with Crippen molar-refractivity contribution in [2.75, 3.05) is 43.5 Å². The molecule has 0 bridgehead atoms. The number of alkyl halides is 2. The van der Waals surface area contributed by atoms with Crippen LogP contribution in [0, 0.1) is 0 Å². The summed E-state index contributed by atoms with van der Waals surface area (Å²) in [6.07, 6.45) is 3.90. The molecule has 1 spiro atoms. The van der Waals surface area contributed by atoms with Crippen molar-refractivity contribution in [3.8, 4) is 11.1 Å². The molecule has 1 atom stereocenters. The van der Waals surface area contributed by atoms with Crippen LogP contribution in [0.25, 0.3) is 11.1 Å². The molecule has 48 heavy (non-hydrogen) atoms. The first-order valence-electron chi connectivity index (χ1n) is 16.8. The van der Waals surface area contributed by atoms with E-state index < -0.39 is 23.5 Å². The molecule has 2 aromatic heterocycles. The zero-order valence-corrected chi connectivity index (χ0v) is 27.5. The van der Waals surface area contributed by atoms with Crippen LogP contribution in [0.1, 0.15) is 85.1 Å². The number of fused-ring (bicyclic) bond motifs is 3. The molecule has 252 valence electrons. The average Bonchev–Trinajstić information content (AvgIpc) is 3.37. The highest BCUT2D eigenvalue weighted by Crippen LogP contribution is 2.57. The molecule has 2 saturated heterocycles. The van der Waals surface area contributed by atoms with Gasteiger partial charge in [-0.2, -0.15) is 0 Å². The Labute approximate surface area is 278 Å². The highest BCUT2D eigenvalue weighted by molar-refractivity contribution is 6.12. The molecule has 3 aromatic rings. The van der Waals surface area contributed by atoms with Crippen LogP contribution in [0.4, 0.5) is 30.9 Å². The zero-order valence-electron chi connectivity index (χ0n) is 27.5. The first kappa shape index (κ1) is 31.1. The number of hydrogen-bond donors (Lipinski definition) is 2. The third-order valence-electron chi connectivity index (χ3n) is 10.2. The van der Waals surface area contributed by atoms with E-state index >= 15 is 0 Å². The highest BCUT2D eigenvalue weighted by Gasteiger charge is 2.51. The van der Waals surface area contributed by atoms with Crippen molar-refractivity contribution in [1.29, 1.82) is 0 Å². The second-order valence-electron chi connectivity index (χ2n) is 14.8. The number of amides is 2. The van der Waals surface area contributed by atoms with E-state index in [-0.39, 0.29) is 30.8 Å². The number of pyridine rings is 2. The monoisotopic (exact) mass is 658 g/mol. The number of imide groups is 1. The Morgan fingerprint density at radius 2 is 1.98 bits per heavy atom. The topological polar surface area (TPSA) is 109 Å². The van der Waals surface area contributed by atoms with Crippen LogP contribution in [-0.2, 0) is 28.0 Å². The van der Waals surface area contributed by atoms with Crippen LogP contribution in [0.3, 0.4) is 0 Å². The number of likely N-dealkylation sites (tertiary alicyclic amines) is 1. The van der Waals surface area contributed by atoms with Crippen molar-refractivity contribution in [2.45, 2.75) is 82.4 Å². The molecular weight excluding hydrogens is 618 g/mol. The van der Waals surface area contributed by atoms with E-state index in [0.29, 0.717) is 43.4 Å². The molecule has 0 radical (unpaired) electrons. The molecule has 2 N–H and O–H groups in total. The predicted octanol–water partition coefficient (Wildman–Crippen LogP) is 6.58. The number of halogens is 2. The summed E-state index contributed by atoms with van der Waals surface area (Å²) in [6.45, 7) is 7.72. The summed E-state index contributed by atoms with van der Waals surface area (Å²) in [4.78, 5) is 39.9. The van der Waals surface area contributed by atoms with E-state index in [1.54, 1.807) is 31.9 Å². The number of aromatic nitrogens is 2. The molecule has 8 rings (SSSR count). The summed E-state index contributed by atoms with van der Waals surface area (Å²) in [5.74, 6) is -1.66. The molecule has 1 aromatic carbocycles. The van der Waals surface area contributed by atoms with Crippen molar-refractivity contribution in [2.24, 2.45) is 0 Å². The van der Waals surface area contributed by atoms with Gasteiger partial charge in [0, 0.05) is 55.8 Å². The maximum absolute atomic E-state index is 14.1. The number of nitrogens with one attached hydrogen (secondary N) is 2. The Bertz CT molecular complexity index is 1810. The third-order valence-corrected chi connectivity index (χ3v) is 10.2. The molecular formula is C36H40F2N6O4. The Kier molecular flexibility index (Phi) is 7.26. The van der Waals surface area contributed by atoms with E-state index in [9.17, 15) is 18.4 Å². The fraction of sp³-hybridized carbons (Fsp3) is 0.500. The largest absolute Gasteiger partial charge is 0.443 e. The van der Waals surface area contributed by atoms with Gasteiger partial charge in [0.15, 0.2) is 0 Å². The number of nitrogens with zero attached hydrogens (tertiary/aromatic N) is 4. The fourth-order valence-corrected chi connectivity index (χ4v) is 7.67. The van der Waals surface area contributed by atoms with Crippen molar-refractivity contribution in [3.05, 3.63) is 64.5 Å². The second kappa shape index (κ2) is 11.2. The first-order valence-corrected chi connectivity index (χ1v) is 16.8. The molecule has 1 saturated carbocycles. The summed E-state index contributed by atoms with van der Waals surface area (Å²) in [5.41, 5.74) is 5.66. The predicted molar refractivity (Wildman–Crippen MR) is 176 cm³/mol. The Balaban J connectivity index is 1.18. The molecule has 2 amide bonds. The maximum atomic E-state index is 14.1. The number of carbonyl (C=O) groups excluding carboxylic acids is 2. The van der Waals surface area contributed by atoms with Gasteiger partial charge in [-0.25, -0.2) is 28.4 Å². The molecule has 3 fully saturated rings. The Hall–Kier alpha value is -4.16. The number of rotatable bonds is 6. The SMILES string of the molecule is CC(C)(C)OC(=O)N1Cc2c(-c3ccnc4c3C3(CC3)CN4)ccc(Nc3ccc(C4CCOC4)c(CN4CCC(F)(F)C4)n3)c2C1=O. The van der Waals surface area contributed by atoms with Gasteiger partial charge in [0.1, 0.15) is 17.2 Å². The summed E-state index contributed by atoms with van der Waals surface area (Å²) in [6, 6.07) is 9.70. The molecule has 10 nitrogen and oxygen atoms in total. The lowest BCUT2D eigenvalue weighted by Gasteiger charge is -2.23. The minimum Gasteiger partial charge on any atom is -0.443 e. The molecule has 6 heterocycles. The summed E-state index contributed by atoms with van der Waals surface area (Å²) in [7, 11) is 0. The Morgan fingerprint density at radius 3 is 2.69 bits per heavy atom. The van der Waals surface area contributed by atoms with E-state index in [0.717, 1.165) is 64.5 Å². The van der Waals surface area contributed by atoms with Gasteiger partial charge in [0.25, 0.3) is 11.8 Å². The van der Waals surface area contributed by atoms with Gasteiger partial charge in [-0.15, -0.1) is 0 Å². The van der Waals surface area contributed by atoms with Gasteiger partial charge >= 0.3 is 6.09 Å². The lowest BCUT2D eigenvalue weighted by atomic mass is 9.88. The number of benzene rings is 1. The van der Waals surface area contributed by atoms with Gasteiger partial charge in [-0.05, 0) is 80.5 Å². The number of anilines is 3. The minimum absolute atomic E-state index is 0.0436. The van der Waals surface area contributed by atoms with Gasteiger partial charge < -0.3 is 20.1 Å². The first-order chi connectivity index (χ1) is 22.9. The second-order valence-corrected chi connectivity index (χ2v) is 14.8. The third kappa shape index (κ3) is 5.58. The normalized spacial score (nSPS) is 22.1. The summed E-state index contributed by atoms with van der Waals surface area (Å²) < 4.78 is 39.5. The molecule has 1 aliphatic carbocycles. The van der Waals surface area contributed by atoms with Crippen LogP contribution < -0.4 is 10.6 Å². The number of carbonyl (C=O) groups is 2. The van der Waals surface area contributed by atoms with Crippen molar-refractivity contribution in [3.63, 3.8) is 0 Å². The molecule has 4 aliphatic heterocycles. The summed E-state index contributed by atoms with van der Waals surface area (Å²) in [5, 5.41) is 6.83. The van der Waals surface area contributed by atoms with Crippen molar-refractivity contribution < 1.29 is 27.8 Å². The lowest BCUT2D eigenvalue weighted by molar-refractivity contribution is 0.0113. The highest BCUT2D eigenvalue weighted by atomic mass is 19.3. The van der Waals surface area contributed by atoms with Crippen LogP contribution in [0.5, 0.6) is 0 Å². The van der Waals surface area contributed by atoms with E-state index in [4.69, 9.17) is 14.5 Å². The van der Waals surface area contributed by atoms with Gasteiger partial charge in [0.05, 0.1) is 36.6 Å². The van der Waals surface area contributed by atoms with Crippen LogP contribution in [0.15, 0.2) is 36.5 Å².